The van der Waals surface area contributed by atoms with E-state index in [-0.39, 0.29) is 11.9 Å². The highest BCUT2D eigenvalue weighted by Gasteiger charge is 2.18. The Hall–Kier alpha value is -2.46. The SMILES string of the molecule is Cc1ccccc1CNC(c1ccc(F)cc1)c1nccn1C. The molecule has 1 heterocycles. The number of nitrogens with one attached hydrogen (secondary N) is 1. The lowest BCUT2D eigenvalue weighted by atomic mass is 10.0. The molecule has 3 nitrogen and oxygen atoms in total. The summed E-state index contributed by atoms with van der Waals surface area (Å²) in [6.07, 6.45) is 3.70. The van der Waals surface area contributed by atoms with E-state index in [1.54, 1.807) is 18.3 Å². The van der Waals surface area contributed by atoms with Crippen LogP contribution in [0.3, 0.4) is 0 Å². The van der Waals surface area contributed by atoms with E-state index < -0.39 is 0 Å². The zero-order valence-electron chi connectivity index (χ0n) is 13.3. The second-order valence-corrected chi connectivity index (χ2v) is 5.69. The van der Waals surface area contributed by atoms with E-state index in [1.165, 1.54) is 23.3 Å². The molecule has 1 unspecified atom stereocenters. The summed E-state index contributed by atoms with van der Waals surface area (Å²) in [6, 6.07) is 14.8. The first kappa shape index (κ1) is 15.4. The molecule has 2 aromatic carbocycles. The lowest BCUT2D eigenvalue weighted by Gasteiger charge is -2.20. The van der Waals surface area contributed by atoms with Gasteiger partial charge in [-0.05, 0) is 35.7 Å². The Labute approximate surface area is 135 Å². The van der Waals surface area contributed by atoms with Crippen molar-refractivity contribution in [2.45, 2.75) is 19.5 Å². The molecule has 0 saturated heterocycles. The van der Waals surface area contributed by atoms with Crippen molar-refractivity contribution in [2.24, 2.45) is 7.05 Å². The van der Waals surface area contributed by atoms with E-state index in [2.05, 4.69) is 29.4 Å². The molecule has 0 bridgehead atoms. The number of aryl methyl sites for hydroxylation is 2. The third kappa shape index (κ3) is 3.48. The van der Waals surface area contributed by atoms with E-state index in [4.69, 9.17) is 0 Å². The summed E-state index contributed by atoms with van der Waals surface area (Å²) in [6.45, 7) is 2.83. The number of hydrogen-bond acceptors (Lipinski definition) is 2. The highest BCUT2D eigenvalue weighted by molar-refractivity contribution is 5.28. The van der Waals surface area contributed by atoms with Crippen LogP contribution in [0.15, 0.2) is 60.9 Å². The van der Waals surface area contributed by atoms with Crippen LogP contribution < -0.4 is 5.32 Å². The highest BCUT2D eigenvalue weighted by atomic mass is 19.1. The summed E-state index contributed by atoms with van der Waals surface area (Å²) in [5.74, 6) is 0.677. The summed E-state index contributed by atoms with van der Waals surface area (Å²) in [5.41, 5.74) is 3.49. The lowest BCUT2D eigenvalue weighted by Crippen LogP contribution is -2.25. The van der Waals surface area contributed by atoms with Gasteiger partial charge in [0.15, 0.2) is 0 Å². The average Bonchev–Trinajstić information content (AvgIpc) is 2.97. The smallest absolute Gasteiger partial charge is 0.130 e. The summed E-state index contributed by atoms with van der Waals surface area (Å²) in [4.78, 5) is 4.46. The molecule has 4 heteroatoms. The van der Waals surface area contributed by atoms with Crippen LogP contribution in [0.2, 0.25) is 0 Å². The number of rotatable bonds is 5. The van der Waals surface area contributed by atoms with Gasteiger partial charge in [0.25, 0.3) is 0 Å². The summed E-state index contributed by atoms with van der Waals surface area (Å²) >= 11 is 0. The molecule has 0 aliphatic carbocycles. The Bertz CT molecular complexity index is 777. The van der Waals surface area contributed by atoms with Crippen molar-refractivity contribution in [2.75, 3.05) is 0 Å². The molecule has 23 heavy (non-hydrogen) atoms. The van der Waals surface area contributed by atoms with Gasteiger partial charge in [-0.2, -0.15) is 0 Å². The highest BCUT2D eigenvalue weighted by Crippen LogP contribution is 2.22. The first-order valence-electron chi connectivity index (χ1n) is 7.65. The van der Waals surface area contributed by atoms with Gasteiger partial charge < -0.3 is 4.57 Å². The Morgan fingerprint density at radius 2 is 1.87 bits per heavy atom. The molecule has 3 rings (SSSR count). The number of halogens is 1. The van der Waals surface area contributed by atoms with Gasteiger partial charge >= 0.3 is 0 Å². The van der Waals surface area contributed by atoms with Crippen molar-refractivity contribution in [1.29, 1.82) is 0 Å². The number of hydrogen-bond donors (Lipinski definition) is 1. The third-order valence-electron chi connectivity index (χ3n) is 4.08. The van der Waals surface area contributed by atoms with Gasteiger partial charge in [0.2, 0.25) is 0 Å². The normalized spacial score (nSPS) is 12.3. The van der Waals surface area contributed by atoms with Crippen molar-refractivity contribution >= 4 is 0 Å². The van der Waals surface area contributed by atoms with Crippen molar-refractivity contribution < 1.29 is 4.39 Å². The van der Waals surface area contributed by atoms with Gasteiger partial charge in [-0.25, -0.2) is 9.37 Å². The molecule has 1 N–H and O–H groups in total. The van der Waals surface area contributed by atoms with E-state index in [0.717, 1.165) is 17.9 Å². The molecule has 0 aliphatic heterocycles. The molecular formula is C19H20FN3. The number of imidazole rings is 1. The lowest BCUT2D eigenvalue weighted by molar-refractivity contribution is 0.555. The first-order chi connectivity index (χ1) is 11.1. The Kier molecular flexibility index (Phi) is 4.53. The van der Waals surface area contributed by atoms with Crippen molar-refractivity contribution in [1.82, 2.24) is 14.9 Å². The number of benzene rings is 2. The van der Waals surface area contributed by atoms with Crippen LogP contribution in [0.4, 0.5) is 4.39 Å². The quantitative estimate of drug-likeness (QED) is 0.778. The summed E-state index contributed by atoms with van der Waals surface area (Å²) in [7, 11) is 1.97. The zero-order valence-corrected chi connectivity index (χ0v) is 13.3. The molecule has 0 radical (unpaired) electrons. The molecule has 118 valence electrons. The predicted molar refractivity (Wildman–Crippen MR) is 89.5 cm³/mol. The molecule has 0 spiro atoms. The molecule has 0 aliphatic rings. The van der Waals surface area contributed by atoms with E-state index >= 15 is 0 Å². The summed E-state index contributed by atoms with van der Waals surface area (Å²) < 4.78 is 15.2. The Morgan fingerprint density at radius 3 is 2.52 bits per heavy atom. The van der Waals surface area contributed by atoms with Crippen molar-refractivity contribution in [3.63, 3.8) is 0 Å². The van der Waals surface area contributed by atoms with Crippen LogP contribution in [0.1, 0.15) is 28.6 Å². The van der Waals surface area contributed by atoms with Gasteiger partial charge in [0, 0.05) is 26.0 Å². The fourth-order valence-corrected chi connectivity index (χ4v) is 2.69. The van der Waals surface area contributed by atoms with Crippen LogP contribution in [0.5, 0.6) is 0 Å². The van der Waals surface area contributed by atoms with E-state index in [0.29, 0.717) is 0 Å². The standard InChI is InChI=1S/C19H20FN3/c1-14-5-3-4-6-16(14)13-22-18(19-21-11-12-23(19)2)15-7-9-17(20)10-8-15/h3-12,18,22H,13H2,1-2H3. The largest absolute Gasteiger partial charge is 0.336 e. The van der Waals surface area contributed by atoms with Crippen molar-refractivity contribution in [3.05, 3.63) is 89.3 Å². The van der Waals surface area contributed by atoms with Crippen LogP contribution in [-0.2, 0) is 13.6 Å². The average molecular weight is 309 g/mol. The molecule has 1 aromatic heterocycles. The van der Waals surface area contributed by atoms with Crippen LogP contribution in [-0.4, -0.2) is 9.55 Å². The molecule has 0 amide bonds. The minimum absolute atomic E-state index is 0.0878. The monoisotopic (exact) mass is 309 g/mol. The fraction of sp³-hybridized carbons (Fsp3) is 0.211. The summed E-state index contributed by atoms with van der Waals surface area (Å²) in [5, 5.41) is 3.55. The predicted octanol–water partition coefficient (Wildman–Crippen LogP) is 3.75. The molecule has 0 fully saturated rings. The topological polar surface area (TPSA) is 29.9 Å². The van der Waals surface area contributed by atoms with Gasteiger partial charge in [-0.1, -0.05) is 36.4 Å². The maximum Gasteiger partial charge on any atom is 0.130 e. The molecule has 0 saturated carbocycles. The molecular weight excluding hydrogens is 289 g/mol. The Morgan fingerprint density at radius 1 is 1.13 bits per heavy atom. The van der Waals surface area contributed by atoms with E-state index in [1.807, 2.05) is 29.9 Å². The first-order valence-corrected chi connectivity index (χ1v) is 7.65. The maximum absolute atomic E-state index is 13.2. The Balaban J connectivity index is 1.88. The van der Waals surface area contributed by atoms with Gasteiger partial charge in [0.05, 0.1) is 6.04 Å². The fourth-order valence-electron chi connectivity index (χ4n) is 2.69. The number of aromatic nitrogens is 2. The number of nitrogens with zero attached hydrogens (tertiary/aromatic N) is 2. The second kappa shape index (κ2) is 6.75. The van der Waals surface area contributed by atoms with E-state index in [9.17, 15) is 4.39 Å². The maximum atomic E-state index is 13.2. The second-order valence-electron chi connectivity index (χ2n) is 5.69. The van der Waals surface area contributed by atoms with Crippen LogP contribution in [0.25, 0.3) is 0 Å². The zero-order chi connectivity index (χ0) is 16.2. The van der Waals surface area contributed by atoms with Gasteiger partial charge in [-0.3, -0.25) is 5.32 Å². The van der Waals surface area contributed by atoms with Gasteiger partial charge in [-0.15, -0.1) is 0 Å². The minimum atomic E-state index is -0.230. The molecule has 3 aromatic rings. The molecule has 1 atom stereocenters. The van der Waals surface area contributed by atoms with Gasteiger partial charge in [0.1, 0.15) is 11.6 Å². The minimum Gasteiger partial charge on any atom is -0.336 e. The third-order valence-corrected chi connectivity index (χ3v) is 4.08. The van der Waals surface area contributed by atoms with Crippen LogP contribution >= 0.6 is 0 Å². The van der Waals surface area contributed by atoms with Crippen LogP contribution in [0, 0.1) is 12.7 Å². The van der Waals surface area contributed by atoms with Crippen molar-refractivity contribution in [3.8, 4) is 0 Å².